The van der Waals surface area contributed by atoms with Crippen molar-refractivity contribution in [1.82, 2.24) is 0 Å². The predicted octanol–water partition coefficient (Wildman–Crippen LogP) is 4.53. The van der Waals surface area contributed by atoms with Crippen LogP contribution < -0.4 is 8.92 Å². The summed E-state index contributed by atoms with van der Waals surface area (Å²) in [6.45, 7) is 1.78. The van der Waals surface area contributed by atoms with E-state index in [-0.39, 0.29) is 27.7 Å². The highest BCUT2D eigenvalue weighted by atomic mass is 32.2. The minimum absolute atomic E-state index is 0.126. The van der Waals surface area contributed by atoms with Gasteiger partial charge in [-0.15, -0.1) is 0 Å². The van der Waals surface area contributed by atoms with Gasteiger partial charge in [-0.25, -0.2) is 13.6 Å². The van der Waals surface area contributed by atoms with Gasteiger partial charge in [-0.3, -0.25) is 0 Å². The molecule has 0 radical (unpaired) electrons. The van der Waals surface area contributed by atoms with Gasteiger partial charge in [0.05, 0.1) is 5.56 Å². The maximum absolute atomic E-state index is 13.3. The first-order chi connectivity index (χ1) is 13.6. The Bertz CT molecular complexity index is 1150. The van der Waals surface area contributed by atoms with Gasteiger partial charge in [0.1, 0.15) is 33.8 Å². The van der Waals surface area contributed by atoms with Crippen LogP contribution in [0.4, 0.5) is 8.78 Å². The van der Waals surface area contributed by atoms with Crippen LogP contribution in [-0.4, -0.2) is 19.5 Å². The fourth-order valence-electron chi connectivity index (χ4n) is 2.41. The summed E-state index contributed by atoms with van der Waals surface area (Å²) in [5, 5.41) is 9.25. The minimum atomic E-state index is -4.24. The van der Waals surface area contributed by atoms with Crippen molar-refractivity contribution in [3.8, 4) is 17.2 Å². The van der Waals surface area contributed by atoms with Crippen LogP contribution in [-0.2, 0) is 10.1 Å². The third-order valence-electron chi connectivity index (χ3n) is 3.71. The molecule has 0 spiro atoms. The fraction of sp³-hybridized carbons (Fsp3) is 0.0500. The number of hydrogen-bond acceptors (Lipinski definition) is 5. The van der Waals surface area contributed by atoms with E-state index in [0.717, 1.165) is 35.9 Å². The van der Waals surface area contributed by atoms with E-state index in [2.05, 4.69) is 0 Å². The molecule has 0 heterocycles. The number of carboxylic acid groups (broad SMARTS) is 1. The zero-order valence-corrected chi connectivity index (χ0v) is 15.7. The van der Waals surface area contributed by atoms with E-state index >= 15 is 0 Å². The first-order valence-corrected chi connectivity index (χ1v) is 9.57. The lowest BCUT2D eigenvalue weighted by atomic mass is 10.2. The Hall–Kier alpha value is -3.46. The fourth-order valence-corrected chi connectivity index (χ4v) is 3.32. The van der Waals surface area contributed by atoms with Crippen molar-refractivity contribution in [3.05, 3.63) is 83.4 Å². The third kappa shape index (κ3) is 5.08. The summed E-state index contributed by atoms with van der Waals surface area (Å²) in [6, 6.07) is 11.4. The van der Waals surface area contributed by atoms with Gasteiger partial charge in [-0.2, -0.15) is 8.42 Å². The molecule has 0 saturated heterocycles. The molecule has 0 atom stereocenters. The van der Waals surface area contributed by atoms with E-state index in [0.29, 0.717) is 6.07 Å². The molecule has 1 N–H and O–H groups in total. The summed E-state index contributed by atoms with van der Waals surface area (Å²) in [5.41, 5.74) is 0.503. The van der Waals surface area contributed by atoms with Crippen LogP contribution in [0.25, 0.3) is 0 Å². The molecule has 0 aliphatic heterocycles. The van der Waals surface area contributed by atoms with Crippen LogP contribution in [0.1, 0.15) is 15.9 Å². The predicted molar refractivity (Wildman–Crippen MR) is 98.8 cm³/mol. The van der Waals surface area contributed by atoms with Gasteiger partial charge >= 0.3 is 16.1 Å². The number of ether oxygens (including phenoxy) is 1. The van der Waals surface area contributed by atoms with Crippen LogP contribution in [0.3, 0.4) is 0 Å². The van der Waals surface area contributed by atoms with Crippen molar-refractivity contribution in [2.45, 2.75) is 11.8 Å². The van der Waals surface area contributed by atoms with Crippen LogP contribution >= 0.6 is 0 Å². The second-order valence-electron chi connectivity index (χ2n) is 6.06. The number of carboxylic acids is 1. The SMILES string of the molecule is Cc1ccc(S(=O)(=O)Oc2cc(Oc3cc(F)cc(F)c3)cc(C(=O)O)c2)cc1. The zero-order valence-electron chi connectivity index (χ0n) is 14.9. The topological polar surface area (TPSA) is 89.9 Å². The van der Waals surface area contributed by atoms with Crippen molar-refractivity contribution in [1.29, 1.82) is 0 Å². The Labute approximate surface area is 165 Å². The quantitative estimate of drug-likeness (QED) is 0.590. The molecule has 0 fully saturated rings. The van der Waals surface area contributed by atoms with Crippen LogP contribution in [0.15, 0.2) is 65.6 Å². The molecule has 0 amide bonds. The van der Waals surface area contributed by atoms with E-state index < -0.39 is 27.7 Å². The molecule has 3 aromatic carbocycles. The van der Waals surface area contributed by atoms with Crippen molar-refractivity contribution in [2.24, 2.45) is 0 Å². The van der Waals surface area contributed by atoms with Gasteiger partial charge in [0, 0.05) is 24.3 Å². The lowest BCUT2D eigenvalue weighted by Crippen LogP contribution is -2.10. The normalized spacial score (nSPS) is 11.1. The molecular formula is C20H14F2O6S. The number of carbonyl (C=O) groups is 1. The second-order valence-corrected chi connectivity index (χ2v) is 7.60. The largest absolute Gasteiger partial charge is 0.478 e. The molecule has 3 aromatic rings. The molecule has 150 valence electrons. The highest BCUT2D eigenvalue weighted by Gasteiger charge is 2.19. The average Bonchev–Trinajstić information content (AvgIpc) is 2.60. The van der Waals surface area contributed by atoms with E-state index in [1.54, 1.807) is 19.1 Å². The molecule has 0 unspecified atom stereocenters. The Morgan fingerprint density at radius 3 is 2.00 bits per heavy atom. The molecule has 0 aliphatic rings. The van der Waals surface area contributed by atoms with E-state index in [1.807, 2.05) is 0 Å². The van der Waals surface area contributed by atoms with Gasteiger partial charge in [-0.05, 0) is 31.2 Å². The van der Waals surface area contributed by atoms with Crippen molar-refractivity contribution in [2.75, 3.05) is 0 Å². The molecule has 6 nitrogen and oxygen atoms in total. The first-order valence-electron chi connectivity index (χ1n) is 8.16. The van der Waals surface area contributed by atoms with Gasteiger partial charge in [-0.1, -0.05) is 17.7 Å². The minimum Gasteiger partial charge on any atom is -0.478 e. The first kappa shape index (κ1) is 20.3. The molecule has 9 heteroatoms. The lowest BCUT2D eigenvalue weighted by molar-refractivity contribution is 0.0696. The highest BCUT2D eigenvalue weighted by molar-refractivity contribution is 7.87. The molecule has 0 saturated carbocycles. The smallest absolute Gasteiger partial charge is 0.339 e. The number of aromatic carboxylic acids is 1. The number of rotatable bonds is 6. The molecule has 0 aliphatic carbocycles. The van der Waals surface area contributed by atoms with Crippen molar-refractivity contribution < 1.29 is 36.0 Å². The van der Waals surface area contributed by atoms with Crippen LogP contribution in [0.2, 0.25) is 0 Å². The summed E-state index contributed by atoms with van der Waals surface area (Å²) in [6.07, 6.45) is 0. The maximum Gasteiger partial charge on any atom is 0.339 e. The zero-order chi connectivity index (χ0) is 21.2. The van der Waals surface area contributed by atoms with Crippen LogP contribution in [0.5, 0.6) is 17.2 Å². The third-order valence-corrected chi connectivity index (χ3v) is 4.98. The van der Waals surface area contributed by atoms with Gasteiger partial charge < -0.3 is 14.0 Å². The monoisotopic (exact) mass is 420 g/mol. The standard InChI is InChI=1S/C20H14F2O6S/c1-12-2-4-19(5-3-12)29(25,26)28-18-7-13(20(23)24)6-16(11-18)27-17-9-14(21)8-15(22)10-17/h2-11H,1H3,(H,23,24). The maximum atomic E-state index is 13.3. The number of hydrogen-bond donors (Lipinski definition) is 1. The summed E-state index contributed by atoms with van der Waals surface area (Å²) in [7, 11) is -4.24. The molecule has 0 aromatic heterocycles. The summed E-state index contributed by atoms with van der Waals surface area (Å²) in [4.78, 5) is 11.2. The number of benzene rings is 3. The second kappa shape index (κ2) is 7.88. The summed E-state index contributed by atoms with van der Waals surface area (Å²) >= 11 is 0. The van der Waals surface area contributed by atoms with E-state index in [4.69, 9.17) is 8.92 Å². The Balaban J connectivity index is 1.96. The van der Waals surface area contributed by atoms with Crippen LogP contribution in [0, 0.1) is 18.6 Å². The Kier molecular flexibility index (Phi) is 5.51. The highest BCUT2D eigenvalue weighted by Crippen LogP contribution is 2.30. The van der Waals surface area contributed by atoms with Gasteiger partial charge in [0.15, 0.2) is 0 Å². The molecular weight excluding hydrogens is 406 g/mol. The Morgan fingerprint density at radius 1 is 0.862 bits per heavy atom. The average molecular weight is 420 g/mol. The Morgan fingerprint density at radius 2 is 1.41 bits per heavy atom. The lowest BCUT2D eigenvalue weighted by Gasteiger charge is -2.11. The van der Waals surface area contributed by atoms with Crippen molar-refractivity contribution in [3.63, 3.8) is 0 Å². The summed E-state index contributed by atoms with van der Waals surface area (Å²) in [5.74, 6) is -3.92. The molecule has 29 heavy (non-hydrogen) atoms. The van der Waals surface area contributed by atoms with Crippen molar-refractivity contribution >= 4 is 16.1 Å². The van der Waals surface area contributed by atoms with Gasteiger partial charge in [0.2, 0.25) is 0 Å². The molecule has 0 bridgehead atoms. The molecule has 3 rings (SSSR count). The number of aryl methyl sites for hydroxylation is 1. The summed E-state index contributed by atoms with van der Waals surface area (Å²) < 4.78 is 61.9. The van der Waals surface area contributed by atoms with E-state index in [9.17, 15) is 27.1 Å². The number of halogens is 2. The van der Waals surface area contributed by atoms with Gasteiger partial charge in [0.25, 0.3) is 0 Å². The van der Waals surface area contributed by atoms with E-state index in [1.165, 1.54) is 12.1 Å².